The zero-order valence-electron chi connectivity index (χ0n) is 13.1. The molecule has 1 aromatic carbocycles. The van der Waals surface area contributed by atoms with Gasteiger partial charge >= 0.3 is 0 Å². The van der Waals surface area contributed by atoms with Gasteiger partial charge in [0.25, 0.3) is 0 Å². The van der Waals surface area contributed by atoms with Crippen molar-refractivity contribution in [3.8, 4) is 11.6 Å². The lowest BCUT2D eigenvalue weighted by molar-refractivity contribution is 0.304. The fourth-order valence-electron chi connectivity index (χ4n) is 2.18. The standard InChI is InChI=1S/C16H17N5O2S/c1-20(8-9-22)13-6-4-12(5-7-13)11-17-21-15(18-19-16(21)24)14-3-2-10-23-14/h2-7,10-11,22H,8-9H2,1H3,(H,19,24)/b17-11-. The smallest absolute Gasteiger partial charge is 0.219 e. The molecule has 0 saturated carbocycles. The van der Waals surface area contributed by atoms with E-state index in [9.17, 15) is 0 Å². The highest BCUT2D eigenvalue weighted by Crippen LogP contribution is 2.17. The molecule has 0 spiro atoms. The third-order valence-electron chi connectivity index (χ3n) is 3.48. The summed E-state index contributed by atoms with van der Waals surface area (Å²) in [6, 6.07) is 11.4. The number of anilines is 1. The Morgan fingerprint density at radius 1 is 1.38 bits per heavy atom. The van der Waals surface area contributed by atoms with E-state index in [0.29, 0.717) is 22.9 Å². The number of aromatic nitrogens is 3. The molecule has 0 amide bonds. The van der Waals surface area contributed by atoms with E-state index >= 15 is 0 Å². The molecule has 0 saturated heterocycles. The Morgan fingerprint density at radius 2 is 2.17 bits per heavy atom. The van der Waals surface area contributed by atoms with E-state index in [-0.39, 0.29) is 6.61 Å². The second-order valence-electron chi connectivity index (χ2n) is 5.12. The highest BCUT2D eigenvalue weighted by Gasteiger charge is 2.10. The van der Waals surface area contributed by atoms with E-state index in [1.165, 1.54) is 4.68 Å². The van der Waals surface area contributed by atoms with Gasteiger partial charge in [-0.1, -0.05) is 12.1 Å². The summed E-state index contributed by atoms with van der Waals surface area (Å²) in [7, 11) is 1.93. The summed E-state index contributed by atoms with van der Waals surface area (Å²) in [5.41, 5.74) is 1.95. The Balaban J connectivity index is 1.82. The monoisotopic (exact) mass is 343 g/mol. The number of aliphatic hydroxyl groups is 1. The molecule has 2 aromatic heterocycles. The van der Waals surface area contributed by atoms with Crippen LogP contribution in [0.1, 0.15) is 5.56 Å². The summed E-state index contributed by atoms with van der Waals surface area (Å²) in [6.45, 7) is 0.706. The molecule has 0 bridgehead atoms. The van der Waals surface area contributed by atoms with Crippen molar-refractivity contribution < 1.29 is 9.52 Å². The number of aliphatic hydroxyl groups excluding tert-OH is 1. The van der Waals surface area contributed by atoms with Gasteiger partial charge in [-0.25, -0.2) is 5.10 Å². The topological polar surface area (TPSA) is 82.6 Å². The van der Waals surface area contributed by atoms with Crippen LogP contribution in [-0.4, -0.2) is 46.4 Å². The zero-order chi connectivity index (χ0) is 16.9. The van der Waals surface area contributed by atoms with Crippen LogP contribution < -0.4 is 4.90 Å². The van der Waals surface area contributed by atoms with E-state index in [1.807, 2.05) is 36.2 Å². The Hall–Kier alpha value is -2.71. The molecule has 8 heteroatoms. The lowest BCUT2D eigenvalue weighted by Crippen LogP contribution is -2.20. The Bertz CT molecular complexity index is 865. The van der Waals surface area contributed by atoms with Crippen LogP contribution in [0, 0.1) is 4.77 Å². The molecule has 0 radical (unpaired) electrons. The van der Waals surface area contributed by atoms with Crippen LogP contribution in [-0.2, 0) is 0 Å². The second kappa shape index (κ2) is 7.24. The molecule has 0 fully saturated rings. The Morgan fingerprint density at radius 3 is 2.83 bits per heavy atom. The normalized spacial score (nSPS) is 11.2. The molecule has 0 aliphatic carbocycles. The van der Waals surface area contributed by atoms with E-state index in [0.717, 1.165) is 11.3 Å². The van der Waals surface area contributed by atoms with Gasteiger partial charge < -0.3 is 14.4 Å². The summed E-state index contributed by atoms with van der Waals surface area (Å²) in [6.07, 6.45) is 3.27. The first-order chi connectivity index (χ1) is 11.7. The molecule has 24 heavy (non-hydrogen) atoms. The second-order valence-corrected chi connectivity index (χ2v) is 5.51. The summed E-state index contributed by atoms with van der Waals surface area (Å²) < 4.78 is 7.24. The lowest BCUT2D eigenvalue weighted by atomic mass is 10.2. The van der Waals surface area contributed by atoms with Crippen molar-refractivity contribution in [3.63, 3.8) is 0 Å². The minimum atomic E-state index is 0.119. The number of hydrogen-bond donors (Lipinski definition) is 2. The van der Waals surface area contributed by atoms with Crippen LogP contribution in [0.3, 0.4) is 0 Å². The van der Waals surface area contributed by atoms with E-state index in [1.54, 1.807) is 24.6 Å². The third kappa shape index (κ3) is 3.44. The maximum atomic E-state index is 8.98. The summed E-state index contributed by atoms with van der Waals surface area (Å²) in [5, 5.41) is 20.2. The number of aromatic amines is 1. The quantitative estimate of drug-likeness (QED) is 0.531. The fraction of sp³-hybridized carbons (Fsp3) is 0.188. The molecule has 124 valence electrons. The molecule has 0 unspecified atom stereocenters. The first-order valence-corrected chi connectivity index (χ1v) is 7.77. The SMILES string of the molecule is CN(CCO)c1ccc(/C=N\n2c(-c3ccco3)n[nH]c2=S)cc1. The van der Waals surface area contributed by atoms with Crippen LogP contribution >= 0.6 is 12.2 Å². The van der Waals surface area contributed by atoms with Gasteiger partial charge in [-0.3, -0.25) is 0 Å². The van der Waals surface area contributed by atoms with E-state index in [2.05, 4.69) is 15.3 Å². The van der Waals surface area contributed by atoms with Crippen molar-refractivity contribution in [1.82, 2.24) is 14.9 Å². The number of likely N-dealkylation sites (N-methyl/N-ethyl adjacent to an activating group) is 1. The molecule has 0 aliphatic heterocycles. The molecule has 3 aromatic rings. The number of furan rings is 1. The largest absolute Gasteiger partial charge is 0.461 e. The summed E-state index contributed by atoms with van der Waals surface area (Å²) >= 11 is 5.21. The van der Waals surface area contributed by atoms with Gasteiger partial charge in [0, 0.05) is 19.3 Å². The van der Waals surface area contributed by atoms with Crippen molar-refractivity contribution in [3.05, 3.63) is 53.0 Å². The minimum Gasteiger partial charge on any atom is -0.461 e. The number of nitrogens with one attached hydrogen (secondary N) is 1. The highest BCUT2D eigenvalue weighted by molar-refractivity contribution is 7.71. The van der Waals surface area contributed by atoms with Gasteiger partial charge in [0.2, 0.25) is 10.6 Å². The fourth-order valence-corrected chi connectivity index (χ4v) is 2.36. The molecular weight excluding hydrogens is 326 g/mol. The molecule has 2 heterocycles. The summed E-state index contributed by atoms with van der Waals surface area (Å²) in [4.78, 5) is 1.97. The maximum Gasteiger partial charge on any atom is 0.219 e. The van der Waals surface area contributed by atoms with Crippen LogP contribution in [0.2, 0.25) is 0 Å². The van der Waals surface area contributed by atoms with Crippen LogP contribution in [0.15, 0.2) is 52.2 Å². The molecule has 0 atom stereocenters. The third-order valence-corrected chi connectivity index (χ3v) is 3.75. The van der Waals surface area contributed by atoms with Gasteiger partial charge in [0.05, 0.1) is 19.1 Å². The first kappa shape index (κ1) is 16.2. The molecule has 7 nitrogen and oxygen atoms in total. The van der Waals surface area contributed by atoms with E-state index < -0.39 is 0 Å². The van der Waals surface area contributed by atoms with Crippen molar-refractivity contribution in [2.24, 2.45) is 5.10 Å². The Labute approximate surface area is 143 Å². The zero-order valence-corrected chi connectivity index (χ0v) is 13.9. The van der Waals surface area contributed by atoms with Gasteiger partial charge in [0.15, 0.2) is 5.76 Å². The Kier molecular flexibility index (Phi) is 4.88. The number of benzene rings is 1. The maximum absolute atomic E-state index is 8.98. The minimum absolute atomic E-state index is 0.119. The average molecular weight is 343 g/mol. The highest BCUT2D eigenvalue weighted by atomic mass is 32.1. The number of nitrogens with zero attached hydrogens (tertiary/aromatic N) is 4. The van der Waals surface area contributed by atoms with Crippen LogP contribution in [0.4, 0.5) is 5.69 Å². The van der Waals surface area contributed by atoms with Gasteiger partial charge in [-0.15, -0.1) is 5.10 Å². The van der Waals surface area contributed by atoms with Crippen molar-refractivity contribution in [2.75, 3.05) is 25.1 Å². The van der Waals surface area contributed by atoms with Gasteiger partial charge in [-0.2, -0.15) is 9.78 Å². The van der Waals surface area contributed by atoms with Crippen molar-refractivity contribution >= 4 is 24.1 Å². The van der Waals surface area contributed by atoms with Crippen LogP contribution in [0.25, 0.3) is 11.6 Å². The summed E-state index contributed by atoms with van der Waals surface area (Å²) in [5.74, 6) is 1.10. The van der Waals surface area contributed by atoms with Crippen LogP contribution in [0.5, 0.6) is 0 Å². The number of hydrogen-bond acceptors (Lipinski definition) is 6. The number of H-pyrrole nitrogens is 1. The van der Waals surface area contributed by atoms with Gasteiger partial charge in [-0.05, 0) is 42.0 Å². The molecule has 0 aliphatic rings. The average Bonchev–Trinajstić information content (AvgIpc) is 3.23. The van der Waals surface area contributed by atoms with Gasteiger partial charge in [0.1, 0.15) is 0 Å². The lowest BCUT2D eigenvalue weighted by Gasteiger charge is -2.17. The van der Waals surface area contributed by atoms with E-state index in [4.69, 9.17) is 21.7 Å². The van der Waals surface area contributed by atoms with Crippen molar-refractivity contribution in [2.45, 2.75) is 0 Å². The molecule has 2 N–H and O–H groups in total. The molecule has 3 rings (SSSR count). The van der Waals surface area contributed by atoms with Crippen molar-refractivity contribution in [1.29, 1.82) is 0 Å². The first-order valence-electron chi connectivity index (χ1n) is 7.37. The number of rotatable bonds is 6. The predicted molar refractivity (Wildman–Crippen MR) is 94.9 cm³/mol. The predicted octanol–water partition coefficient (Wildman–Crippen LogP) is 2.51. The molecular formula is C16H17N5O2S.